The summed E-state index contributed by atoms with van der Waals surface area (Å²) >= 11 is 0. The summed E-state index contributed by atoms with van der Waals surface area (Å²) in [5.74, 6) is 1.50. The Balaban J connectivity index is 1.62. The van der Waals surface area contributed by atoms with Crippen molar-refractivity contribution in [3.63, 3.8) is 0 Å². The van der Waals surface area contributed by atoms with Gasteiger partial charge in [0.05, 0.1) is 5.60 Å². The number of carbonyl (C=O) groups is 1. The molecule has 0 aromatic heterocycles. The van der Waals surface area contributed by atoms with E-state index in [2.05, 4.69) is 50.2 Å². The van der Waals surface area contributed by atoms with Crippen LogP contribution in [0.2, 0.25) is 0 Å². The fourth-order valence-corrected chi connectivity index (χ4v) is 7.84. The molecule has 4 heteroatoms. The monoisotopic (exact) mass is 449 g/mol. The van der Waals surface area contributed by atoms with E-state index in [0.29, 0.717) is 31.1 Å². The first-order chi connectivity index (χ1) is 15.8. The molecule has 0 saturated heterocycles. The first-order valence-electron chi connectivity index (χ1n) is 12.8. The number of anilines is 1. The second-order valence-electron chi connectivity index (χ2n) is 11.4. The molecule has 0 amide bonds. The van der Waals surface area contributed by atoms with Gasteiger partial charge < -0.3 is 15.1 Å². The van der Waals surface area contributed by atoms with Crippen molar-refractivity contribution in [2.24, 2.45) is 17.3 Å². The lowest BCUT2D eigenvalue weighted by molar-refractivity contribution is -0.114. The van der Waals surface area contributed by atoms with E-state index in [1.807, 2.05) is 6.08 Å². The Morgan fingerprint density at radius 3 is 2.55 bits per heavy atom. The van der Waals surface area contributed by atoms with E-state index in [4.69, 9.17) is 0 Å². The second-order valence-corrected chi connectivity index (χ2v) is 11.4. The van der Waals surface area contributed by atoms with Gasteiger partial charge in [-0.3, -0.25) is 4.79 Å². The largest absolute Gasteiger partial charge is 0.396 e. The van der Waals surface area contributed by atoms with Crippen LogP contribution in [0.15, 0.2) is 47.1 Å². The molecule has 2 N–H and O–H groups in total. The van der Waals surface area contributed by atoms with Crippen LogP contribution in [-0.4, -0.2) is 42.3 Å². The first kappa shape index (κ1) is 22.9. The van der Waals surface area contributed by atoms with Crippen LogP contribution in [0.1, 0.15) is 76.2 Å². The second kappa shape index (κ2) is 8.39. The zero-order valence-electron chi connectivity index (χ0n) is 20.4. The number of fused-ring (bicyclic) bond motifs is 4. The standard InChI is InChI=1S/C29H39NO3/c1-28-18-25(19-5-8-21(9-6-19)30(2)3)27-23-12-10-22(32)17-20(23)7-11-24(27)26(28)13-15-29(28,33)14-4-16-31/h5-6,8-9,17,24-26,31,33H,4,7,10-16,18H2,1-3H3/t24?,25-,26?,28?,29?/m1/s1. The summed E-state index contributed by atoms with van der Waals surface area (Å²) in [6.07, 6.45) is 9.68. The van der Waals surface area contributed by atoms with Crippen molar-refractivity contribution in [3.8, 4) is 0 Å². The van der Waals surface area contributed by atoms with Crippen molar-refractivity contribution >= 4 is 11.5 Å². The Bertz CT molecular complexity index is 991. The molecule has 0 heterocycles. The maximum Gasteiger partial charge on any atom is 0.156 e. The molecule has 1 aromatic carbocycles. The van der Waals surface area contributed by atoms with Gasteiger partial charge in [0.25, 0.3) is 0 Å². The molecule has 2 fully saturated rings. The highest BCUT2D eigenvalue weighted by molar-refractivity contribution is 5.93. The molecule has 4 unspecified atom stereocenters. The summed E-state index contributed by atoms with van der Waals surface area (Å²) in [5, 5.41) is 21.4. The third-order valence-corrected chi connectivity index (χ3v) is 9.62. The Hall–Kier alpha value is -1.91. The SMILES string of the molecule is CN(C)c1ccc([C@H]2CC3(C)C(CCC3(O)CCCO)C3CCC4=CC(=O)CCC4=C32)cc1. The Morgan fingerprint density at radius 1 is 1.09 bits per heavy atom. The Kier molecular flexibility index (Phi) is 5.81. The molecule has 5 rings (SSSR count). The van der Waals surface area contributed by atoms with Crippen molar-refractivity contribution in [2.75, 3.05) is 25.6 Å². The summed E-state index contributed by atoms with van der Waals surface area (Å²) in [7, 11) is 4.14. The third-order valence-electron chi connectivity index (χ3n) is 9.62. The smallest absolute Gasteiger partial charge is 0.156 e. The fourth-order valence-electron chi connectivity index (χ4n) is 7.84. The van der Waals surface area contributed by atoms with Crippen molar-refractivity contribution in [2.45, 2.75) is 76.2 Å². The van der Waals surface area contributed by atoms with Gasteiger partial charge in [-0.15, -0.1) is 0 Å². The minimum Gasteiger partial charge on any atom is -0.396 e. The summed E-state index contributed by atoms with van der Waals surface area (Å²) in [5.41, 5.74) is 5.98. The molecular formula is C29H39NO3. The normalized spacial score (nSPS) is 35.6. The van der Waals surface area contributed by atoms with E-state index >= 15 is 0 Å². The van der Waals surface area contributed by atoms with E-state index in [9.17, 15) is 15.0 Å². The molecule has 5 atom stereocenters. The zero-order chi connectivity index (χ0) is 23.4. The number of allylic oxidation sites excluding steroid dienone is 4. The summed E-state index contributed by atoms with van der Waals surface area (Å²) < 4.78 is 0. The van der Waals surface area contributed by atoms with Crippen molar-refractivity contribution in [1.82, 2.24) is 0 Å². The van der Waals surface area contributed by atoms with E-state index < -0.39 is 5.60 Å². The van der Waals surface area contributed by atoms with Crippen molar-refractivity contribution in [1.29, 1.82) is 0 Å². The molecule has 4 aliphatic carbocycles. The van der Waals surface area contributed by atoms with Crippen LogP contribution in [0.25, 0.3) is 0 Å². The van der Waals surface area contributed by atoms with E-state index in [1.165, 1.54) is 22.4 Å². The third kappa shape index (κ3) is 3.61. The highest BCUT2D eigenvalue weighted by Gasteiger charge is 2.62. The maximum atomic E-state index is 12.2. The van der Waals surface area contributed by atoms with Gasteiger partial charge in [0.15, 0.2) is 5.78 Å². The van der Waals surface area contributed by atoms with Crippen LogP contribution in [-0.2, 0) is 4.79 Å². The van der Waals surface area contributed by atoms with Crippen LogP contribution in [0.3, 0.4) is 0 Å². The molecule has 1 aromatic rings. The maximum absolute atomic E-state index is 12.2. The molecule has 2 saturated carbocycles. The van der Waals surface area contributed by atoms with Gasteiger partial charge in [-0.2, -0.15) is 0 Å². The minimum absolute atomic E-state index is 0.138. The number of nitrogens with zero attached hydrogens (tertiary/aromatic N) is 1. The van der Waals surface area contributed by atoms with Gasteiger partial charge in [-0.1, -0.05) is 24.6 Å². The van der Waals surface area contributed by atoms with E-state index in [-0.39, 0.29) is 23.7 Å². The molecule has 178 valence electrons. The van der Waals surface area contributed by atoms with Crippen LogP contribution in [0.5, 0.6) is 0 Å². The van der Waals surface area contributed by atoms with Crippen molar-refractivity contribution < 1.29 is 15.0 Å². The highest BCUT2D eigenvalue weighted by atomic mass is 16.3. The minimum atomic E-state index is -0.711. The Labute approximate surface area is 198 Å². The lowest BCUT2D eigenvalue weighted by Crippen LogP contribution is -2.51. The number of aliphatic hydroxyl groups is 2. The predicted molar refractivity (Wildman–Crippen MR) is 132 cm³/mol. The lowest BCUT2D eigenvalue weighted by atomic mass is 9.51. The zero-order valence-corrected chi connectivity index (χ0v) is 20.4. The molecule has 4 aliphatic rings. The predicted octanol–water partition coefficient (Wildman–Crippen LogP) is 5.16. The quantitative estimate of drug-likeness (QED) is 0.652. The van der Waals surface area contributed by atoms with E-state index in [1.54, 1.807) is 5.57 Å². The summed E-state index contributed by atoms with van der Waals surface area (Å²) in [6.45, 7) is 2.47. The molecule has 0 aliphatic heterocycles. The lowest BCUT2D eigenvalue weighted by Gasteiger charge is -2.55. The highest BCUT2D eigenvalue weighted by Crippen LogP contribution is 2.67. The number of rotatable bonds is 5. The van der Waals surface area contributed by atoms with Crippen molar-refractivity contribution in [3.05, 3.63) is 52.6 Å². The summed E-state index contributed by atoms with van der Waals surface area (Å²) in [6, 6.07) is 8.98. The van der Waals surface area contributed by atoms with Crippen LogP contribution >= 0.6 is 0 Å². The number of benzene rings is 1. The molecule has 0 radical (unpaired) electrons. The molecule has 33 heavy (non-hydrogen) atoms. The van der Waals surface area contributed by atoms with Gasteiger partial charge in [-0.05, 0) is 98.1 Å². The van der Waals surface area contributed by atoms with Gasteiger partial charge in [-0.25, -0.2) is 0 Å². The van der Waals surface area contributed by atoms with Gasteiger partial charge >= 0.3 is 0 Å². The average molecular weight is 450 g/mol. The Morgan fingerprint density at radius 2 is 1.85 bits per heavy atom. The number of aliphatic hydroxyl groups excluding tert-OH is 1. The van der Waals surface area contributed by atoms with Crippen LogP contribution in [0, 0.1) is 17.3 Å². The molecule has 0 bridgehead atoms. The first-order valence-corrected chi connectivity index (χ1v) is 12.8. The van der Waals surface area contributed by atoms with Crippen LogP contribution < -0.4 is 4.90 Å². The van der Waals surface area contributed by atoms with Gasteiger partial charge in [0, 0.05) is 44.1 Å². The topological polar surface area (TPSA) is 60.8 Å². The molecular weight excluding hydrogens is 410 g/mol. The van der Waals surface area contributed by atoms with Gasteiger partial charge in [0.1, 0.15) is 0 Å². The summed E-state index contributed by atoms with van der Waals surface area (Å²) in [4.78, 5) is 14.3. The molecule has 0 spiro atoms. The average Bonchev–Trinajstić information content (AvgIpc) is 3.07. The fraction of sp³-hybridized carbons (Fsp3) is 0.621. The molecule has 4 nitrogen and oxygen atoms in total. The number of hydrogen-bond donors (Lipinski definition) is 2. The number of carbonyl (C=O) groups excluding carboxylic acids is 1. The van der Waals surface area contributed by atoms with Crippen LogP contribution in [0.4, 0.5) is 5.69 Å². The van der Waals surface area contributed by atoms with Gasteiger partial charge in [0.2, 0.25) is 0 Å². The number of ketones is 1. The number of hydrogen-bond acceptors (Lipinski definition) is 4. The van der Waals surface area contributed by atoms with E-state index in [0.717, 1.165) is 38.5 Å².